The number of piperidine rings is 1. The highest BCUT2D eigenvalue weighted by Gasteiger charge is 2.16. The predicted molar refractivity (Wildman–Crippen MR) is 114 cm³/mol. The molecule has 136 valence electrons. The fourth-order valence-corrected chi connectivity index (χ4v) is 4.30. The van der Waals surface area contributed by atoms with Crippen molar-refractivity contribution in [3.05, 3.63) is 0 Å². The number of guanidine groups is 1. The van der Waals surface area contributed by atoms with Crippen molar-refractivity contribution < 1.29 is 0 Å². The first-order valence-electron chi connectivity index (χ1n) is 9.14. The van der Waals surface area contributed by atoms with Crippen molar-refractivity contribution in [2.45, 2.75) is 51.2 Å². The SMILES string of the molecule is CCNC(=NCC1CCCS1)NCCCN1CCC(C)CC1.I. The van der Waals surface area contributed by atoms with Crippen molar-refractivity contribution in [2.24, 2.45) is 10.9 Å². The number of halogens is 1. The molecular weight excluding hydrogens is 419 g/mol. The van der Waals surface area contributed by atoms with Crippen LogP contribution < -0.4 is 10.6 Å². The second-order valence-electron chi connectivity index (χ2n) is 6.66. The number of nitrogens with one attached hydrogen (secondary N) is 2. The quantitative estimate of drug-likeness (QED) is 0.268. The Morgan fingerprint density at radius 1 is 1.22 bits per heavy atom. The molecule has 0 spiro atoms. The van der Waals surface area contributed by atoms with E-state index in [-0.39, 0.29) is 24.0 Å². The molecule has 6 heteroatoms. The van der Waals surface area contributed by atoms with Crippen LogP contribution in [0.3, 0.4) is 0 Å². The van der Waals surface area contributed by atoms with E-state index in [4.69, 9.17) is 4.99 Å². The number of likely N-dealkylation sites (tertiary alicyclic amines) is 1. The third kappa shape index (κ3) is 8.82. The van der Waals surface area contributed by atoms with Gasteiger partial charge in [-0.3, -0.25) is 4.99 Å². The second-order valence-corrected chi connectivity index (χ2v) is 8.07. The highest BCUT2D eigenvalue weighted by atomic mass is 127. The van der Waals surface area contributed by atoms with Gasteiger partial charge < -0.3 is 15.5 Å². The first-order chi connectivity index (χ1) is 10.8. The summed E-state index contributed by atoms with van der Waals surface area (Å²) in [6.45, 7) is 11.2. The smallest absolute Gasteiger partial charge is 0.191 e. The third-order valence-corrected chi connectivity index (χ3v) is 6.02. The van der Waals surface area contributed by atoms with Crippen molar-refractivity contribution >= 4 is 41.7 Å². The summed E-state index contributed by atoms with van der Waals surface area (Å²) in [5.41, 5.74) is 0. The van der Waals surface area contributed by atoms with Crippen LogP contribution in [0, 0.1) is 5.92 Å². The van der Waals surface area contributed by atoms with Gasteiger partial charge in [-0.05, 0) is 70.3 Å². The van der Waals surface area contributed by atoms with Crippen LogP contribution in [0.4, 0.5) is 0 Å². The molecule has 2 rings (SSSR count). The van der Waals surface area contributed by atoms with Gasteiger partial charge in [0.05, 0.1) is 6.54 Å². The summed E-state index contributed by atoms with van der Waals surface area (Å²) in [4.78, 5) is 7.36. The summed E-state index contributed by atoms with van der Waals surface area (Å²) in [5.74, 6) is 3.25. The first-order valence-corrected chi connectivity index (χ1v) is 10.2. The average molecular weight is 454 g/mol. The van der Waals surface area contributed by atoms with Gasteiger partial charge in [0.15, 0.2) is 5.96 Å². The number of thioether (sulfide) groups is 1. The predicted octanol–water partition coefficient (Wildman–Crippen LogP) is 3.18. The number of aliphatic imine (C=N–C) groups is 1. The number of hydrogen-bond acceptors (Lipinski definition) is 3. The van der Waals surface area contributed by atoms with E-state index in [2.05, 4.69) is 41.1 Å². The van der Waals surface area contributed by atoms with Crippen molar-refractivity contribution in [3.8, 4) is 0 Å². The fourth-order valence-electron chi connectivity index (χ4n) is 3.12. The molecule has 2 saturated heterocycles. The van der Waals surface area contributed by atoms with Gasteiger partial charge in [-0.1, -0.05) is 6.92 Å². The van der Waals surface area contributed by atoms with Gasteiger partial charge in [-0.25, -0.2) is 0 Å². The zero-order valence-electron chi connectivity index (χ0n) is 14.9. The lowest BCUT2D eigenvalue weighted by Crippen LogP contribution is -2.40. The molecule has 0 radical (unpaired) electrons. The molecule has 4 nitrogen and oxygen atoms in total. The molecule has 1 atom stereocenters. The maximum Gasteiger partial charge on any atom is 0.191 e. The lowest BCUT2D eigenvalue weighted by molar-refractivity contribution is 0.191. The van der Waals surface area contributed by atoms with Gasteiger partial charge in [-0.15, -0.1) is 24.0 Å². The van der Waals surface area contributed by atoms with Gasteiger partial charge >= 0.3 is 0 Å². The number of rotatable bonds is 7. The highest BCUT2D eigenvalue weighted by Crippen LogP contribution is 2.25. The summed E-state index contributed by atoms with van der Waals surface area (Å²) >= 11 is 2.08. The van der Waals surface area contributed by atoms with Gasteiger partial charge in [0.1, 0.15) is 0 Å². The lowest BCUT2D eigenvalue weighted by Gasteiger charge is -2.30. The van der Waals surface area contributed by atoms with E-state index in [1.807, 2.05) is 0 Å². The van der Waals surface area contributed by atoms with Gasteiger partial charge in [0.25, 0.3) is 0 Å². The van der Waals surface area contributed by atoms with Crippen molar-refractivity contribution in [1.29, 1.82) is 0 Å². The molecule has 0 aromatic carbocycles. The molecule has 1 unspecified atom stereocenters. The normalized spacial score (nSPS) is 23.6. The van der Waals surface area contributed by atoms with Gasteiger partial charge in [0.2, 0.25) is 0 Å². The fraction of sp³-hybridized carbons (Fsp3) is 0.941. The van der Waals surface area contributed by atoms with Crippen LogP contribution in [0.5, 0.6) is 0 Å². The van der Waals surface area contributed by atoms with Gasteiger partial charge in [0, 0.05) is 18.3 Å². The molecule has 23 heavy (non-hydrogen) atoms. The lowest BCUT2D eigenvalue weighted by atomic mass is 9.99. The minimum Gasteiger partial charge on any atom is -0.357 e. The van der Waals surface area contributed by atoms with Crippen LogP contribution in [0.15, 0.2) is 4.99 Å². The van der Waals surface area contributed by atoms with Crippen LogP contribution in [0.1, 0.15) is 46.0 Å². The summed E-state index contributed by atoms with van der Waals surface area (Å²) in [5, 5.41) is 7.60. The summed E-state index contributed by atoms with van der Waals surface area (Å²) in [7, 11) is 0. The monoisotopic (exact) mass is 454 g/mol. The van der Waals surface area contributed by atoms with Crippen LogP contribution in [0.25, 0.3) is 0 Å². The maximum atomic E-state index is 4.75. The maximum absolute atomic E-state index is 4.75. The molecule has 0 aromatic rings. The molecule has 0 aliphatic carbocycles. The minimum absolute atomic E-state index is 0. The van der Waals surface area contributed by atoms with Crippen LogP contribution in [-0.4, -0.2) is 61.1 Å². The van der Waals surface area contributed by atoms with Crippen molar-refractivity contribution in [3.63, 3.8) is 0 Å². The Morgan fingerprint density at radius 3 is 2.65 bits per heavy atom. The molecular formula is C17H35IN4S. The largest absolute Gasteiger partial charge is 0.357 e. The molecule has 2 heterocycles. The Balaban J connectivity index is 0.00000264. The molecule has 0 aromatic heterocycles. The topological polar surface area (TPSA) is 39.7 Å². The molecule has 2 N–H and O–H groups in total. The molecule has 0 bridgehead atoms. The Kier molecular flexibility index (Phi) is 11.7. The van der Waals surface area contributed by atoms with Crippen LogP contribution in [0.2, 0.25) is 0 Å². The van der Waals surface area contributed by atoms with E-state index < -0.39 is 0 Å². The van der Waals surface area contributed by atoms with E-state index >= 15 is 0 Å². The Labute approximate surface area is 164 Å². The minimum atomic E-state index is 0. The van der Waals surface area contributed by atoms with Crippen molar-refractivity contribution in [1.82, 2.24) is 15.5 Å². The zero-order valence-corrected chi connectivity index (χ0v) is 18.0. The molecule has 2 aliphatic heterocycles. The Morgan fingerprint density at radius 2 is 2.00 bits per heavy atom. The average Bonchev–Trinajstić information content (AvgIpc) is 3.04. The van der Waals surface area contributed by atoms with E-state index in [9.17, 15) is 0 Å². The van der Waals surface area contributed by atoms with Gasteiger partial charge in [-0.2, -0.15) is 11.8 Å². The number of hydrogen-bond donors (Lipinski definition) is 2. The molecule has 0 amide bonds. The van der Waals surface area contributed by atoms with Crippen LogP contribution in [-0.2, 0) is 0 Å². The molecule has 2 fully saturated rings. The summed E-state index contributed by atoms with van der Waals surface area (Å²) < 4.78 is 0. The van der Waals surface area contributed by atoms with Crippen molar-refractivity contribution in [2.75, 3.05) is 45.0 Å². The second kappa shape index (κ2) is 12.6. The summed E-state index contributed by atoms with van der Waals surface area (Å²) in [6, 6.07) is 0. The zero-order chi connectivity index (χ0) is 15.6. The van der Waals surface area contributed by atoms with E-state index in [0.717, 1.165) is 36.8 Å². The molecule has 2 aliphatic rings. The van der Waals surface area contributed by atoms with Crippen LogP contribution >= 0.6 is 35.7 Å². The Bertz CT molecular complexity index is 327. The van der Waals surface area contributed by atoms with E-state index in [1.165, 1.54) is 57.5 Å². The van der Waals surface area contributed by atoms with E-state index in [0.29, 0.717) is 0 Å². The third-order valence-electron chi connectivity index (χ3n) is 4.64. The highest BCUT2D eigenvalue weighted by molar-refractivity contribution is 14.0. The first kappa shape index (κ1) is 21.4. The number of nitrogens with zero attached hydrogens (tertiary/aromatic N) is 2. The Hall–Kier alpha value is 0.310. The molecule has 0 saturated carbocycles. The van der Waals surface area contributed by atoms with E-state index in [1.54, 1.807) is 0 Å². The summed E-state index contributed by atoms with van der Waals surface area (Å²) in [6.07, 6.45) is 6.65. The standard InChI is InChI=1S/C17H34N4S.HI/c1-3-18-17(20-14-16-6-4-13-22-16)19-9-5-10-21-11-7-15(2)8-12-21;/h15-16H,3-14H2,1-2H3,(H2,18,19,20);1H.